The lowest BCUT2D eigenvalue weighted by Gasteiger charge is -2.23. The van der Waals surface area contributed by atoms with E-state index in [0.717, 1.165) is 6.54 Å². The smallest absolute Gasteiger partial charge is 0.325 e. The summed E-state index contributed by atoms with van der Waals surface area (Å²) in [6.07, 6.45) is 0.608. The topological polar surface area (TPSA) is 61.9 Å². The summed E-state index contributed by atoms with van der Waals surface area (Å²) in [6.45, 7) is 5.97. The number of imide groups is 1. The first-order valence-electron chi connectivity index (χ1n) is 8.18. The SMILES string of the molecule is CC(C)N1C(=O)NC2(CCN(CCOc3ccc(F)cc3)C2)C1=O. The Hall–Kier alpha value is -2.15. The van der Waals surface area contributed by atoms with Crippen LogP contribution >= 0.6 is 0 Å². The zero-order chi connectivity index (χ0) is 17.3. The van der Waals surface area contributed by atoms with E-state index in [1.807, 2.05) is 13.8 Å². The van der Waals surface area contributed by atoms with Crippen molar-refractivity contribution in [2.24, 2.45) is 0 Å². The van der Waals surface area contributed by atoms with Gasteiger partial charge >= 0.3 is 6.03 Å². The van der Waals surface area contributed by atoms with Gasteiger partial charge in [0.05, 0.1) is 0 Å². The summed E-state index contributed by atoms with van der Waals surface area (Å²) >= 11 is 0. The van der Waals surface area contributed by atoms with E-state index in [2.05, 4.69) is 10.2 Å². The van der Waals surface area contributed by atoms with E-state index in [1.165, 1.54) is 17.0 Å². The molecule has 0 aliphatic carbocycles. The van der Waals surface area contributed by atoms with Gasteiger partial charge in [-0.25, -0.2) is 9.18 Å². The lowest BCUT2D eigenvalue weighted by molar-refractivity contribution is -0.132. The highest BCUT2D eigenvalue weighted by molar-refractivity contribution is 6.07. The number of nitrogens with one attached hydrogen (secondary N) is 1. The first kappa shape index (κ1) is 16.7. The van der Waals surface area contributed by atoms with Gasteiger partial charge in [-0.3, -0.25) is 14.6 Å². The van der Waals surface area contributed by atoms with Crippen LogP contribution in [-0.4, -0.2) is 59.6 Å². The molecule has 130 valence electrons. The molecule has 3 amide bonds. The number of halogens is 1. The number of urea groups is 1. The van der Waals surface area contributed by atoms with Crippen molar-refractivity contribution in [3.63, 3.8) is 0 Å². The van der Waals surface area contributed by atoms with E-state index >= 15 is 0 Å². The largest absolute Gasteiger partial charge is 0.492 e. The molecule has 0 radical (unpaired) electrons. The van der Waals surface area contributed by atoms with Gasteiger partial charge in [0.1, 0.15) is 23.7 Å². The van der Waals surface area contributed by atoms with Crippen molar-refractivity contribution in [2.75, 3.05) is 26.2 Å². The Morgan fingerprint density at radius 3 is 2.62 bits per heavy atom. The van der Waals surface area contributed by atoms with Gasteiger partial charge in [-0.15, -0.1) is 0 Å². The molecule has 2 fully saturated rings. The molecule has 2 heterocycles. The van der Waals surface area contributed by atoms with Gasteiger partial charge in [-0.05, 0) is 44.5 Å². The summed E-state index contributed by atoms with van der Waals surface area (Å²) < 4.78 is 18.4. The molecular weight excluding hydrogens is 313 g/mol. The lowest BCUT2D eigenvalue weighted by atomic mass is 9.99. The summed E-state index contributed by atoms with van der Waals surface area (Å²) in [5.41, 5.74) is -0.794. The van der Waals surface area contributed by atoms with Crippen molar-refractivity contribution in [2.45, 2.75) is 31.8 Å². The molecule has 1 N–H and O–H groups in total. The molecule has 1 aromatic carbocycles. The third-order valence-corrected chi connectivity index (χ3v) is 4.55. The van der Waals surface area contributed by atoms with Crippen LogP contribution < -0.4 is 10.1 Å². The fraction of sp³-hybridized carbons (Fsp3) is 0.529. The monoisotopic (exact) mass is 335 g/mol. The molecule has 0 bridgehead atoms. The fourth-order valence-electron chi connectivity index (χ4n) is 3.29. The summed E-state index contributed by atoms with van der Waals surface area (Å²) in [4.78, 5) is 28.1. The van der Waals surface area contributed by atoms with Crippen molar-refractivity contribution >= 4 is 11.9 Å². The van der Waals surface area contributed by atoms with Crippen LogP contribution in [-0.2, 0) is 4.79 Å². The number of likely N-dealkylation sites (tertiary alicyclic amines) is 1. The minimum absolute atomic E-state index is 0.135. The highest BCUT2D eigenvalue weighted by Gasteiger charge is 2.55. The normalized spacial score (nSPS) is 24.2. The number of carbonyl (C=O) groups is 2. The Kier molecular flexibility index (Phi) is 4.45. The molecule has 3 rings (SSSR count). The first-order valence-corrected chi connectivity index (χ1v) is 8.18. The molecule has 2 aliphatic heterocycles. The number of amides is 3. The number of benzene rings is 1. The van der Waals surface area contributed by atoms with E-state index in [0.29, 0.717) is 31.9 Å². The molecule has 24 heavy (non-hydrogen) atoms. The Labute approximate surface area is 140 Å². The van der Waals surface area contributed by atoms with Crippen molar-refractivity contribution in [3.8, 4) is 5.75 Å². The van der Waals surface area contributed by atoms with Crippen molar-refractivity contribution < 1.29 is 18.7 Å². The molecule has 0 aromatic heterocycles. The second-order valence-electron chi connectivity index (χ2n) is 6.61. The van der Waals surface area contributed by atoms with Crippen molar-refractivity contribution in [1.82, 2.24) is 15.1 Å². The van der Waals surface area contributed by atoms with Crippen LogP contribution in [0.5, 0.6) is 5.75 Å². The van der Waals surface area contributed by atoms with Crippen LogP contribution in [0.15, 0.2) is 24.3 Å². The quantitative estimate of drug-likeness (QED) is 0.831. The van der Waals surface area contributed by atoms with Gasteiger partial charge in [0.2, 0.25) is 0 Å². The van der Waals surface area contributed by atoms with E-state index in [-0.39, 0.29) is 23.8 Å². The van der Waals surface area contributed by atoms with Gasteiger partial charge in [-0.1, -0.05) is 0 Å². The molecular formula is C17H22FN3O3. The van der Waals surface area contributed by atoms with Crippen LogP contribution in [0.3, 0.4) is 0 Å². The van der Waals surface area contributed by atoms with E-state index in [9.17, 15) is 14.0 Å². The summed E-state index contributed by atoms with van der Waals surface area (Å²) in [7, 11) is 0. The molecule has 7 heteroatoms. The van der Waals surface area contributed by atoms with Gasteiger partial charge < -0.3 is 10.1 Å². The van der Waals surface area contributed by atoms with Crippen LogP contribution in [0.4, 0.5) is 9.18 Å². The molecule has 1 aromatic rings. The van der Waals surface area contributed by atoms with Crippen molar-refractivity contribution in [3.05, 3.63) is 30.1 Å². The third-order valence-electron chi connectivity index (χ3n) is 4.55. The first-order chi connectivity index (χ1) is 11.4. The average molecular weight is 335 g/mol. The molecule has 6 nitrogen and oxygen atoms in total. The number of carbonyl (C=O) groups excluding carboxylic acids is 2. The summed E-state index contributed by atoms with van der Waals surface area (Å²) in [5.74, 6) is 0.181. The maximum absolute atomic E-state index is 12.8. The second kappa shape index (κ2) is 6.39. The molecule has 1 atom stereocenters. The summed E-state index contributed by atoms with van der Waals surface area (Å²) in [6, 6.07) is 5.43. The van der Waals surface area contributed by atoms with Gasteiger partial charge in [-0.2, -0.15) is 0 Å². The number of hydrogen-bond acceptors (Lipinski definition) is 4. The van der Waals surface area contributed by atoms with E-state index in [4.69, 9.17) is 4.74 Å². The second-order valence-corrected chi connectivity index (χ2v) is 6.61. The fourth-order valence-corrected chi connectivity index (χ4v) is 3.29. The Morgan fingerprint density at radius 1 is 1.29 bits per heavy atom. The highest BCUT2D eigenvalue weighted by Crippen LogP contribution is 2.29. The number of nitrogens with zero attached hydrogens (tertiary/aromatic N) is 2. The molecule has 2 saturated heterocycles. The number of ether oxygens (including phenoxy) is 1. The zero-order valence-corrected chi connectivity index (χ0v) is 13.9. The predicted octanol–water partition coefficient (Wildman–Crippen LogP) is 1.61. The number of hydrogen-bond donors (Lipinski definition) is 1. The Bertz CT molecular complexity index is 634. The van der Waals surface area contributed by atoms with Gasteiger partial charge in [0.25, 0.3) is 5.91 Å². The lowest BCUT2D eigenvalue weighted by Crippen LogP contribution is -2.49. The maximum Gasteiger partial charge on any atom is 0.325 e. The molecule has 0 saturated carbocycles. The third kappa shape index (κ3) is 3.08. The van der Waals surface area contributed by atoms with Crippen LogP contribution in [0.1, 0.15) is 20.3 Å². The minimum Gasteiger partial charge on any atom is -0.492 e. The molecule has 2 aliphatic rings. The average Bonchev–Trinajstić information content (AvgIpc) is 3.03. The minimum atomic E-state index is -0.794. The van der Waals surface area contributed by atoms with Crippen LogP contribution in [0, 0.1) is 5.82 Å². The van der Waals surface area contributed by atoms with Gasteiger partial charge in [0.15, 0.2) is 0 Å². The van der Waals surface area contributed by atoms with E-state index < -0.39 is 5.54 Å². The van der Waals surface area contributed by atoms with Crippen LogP contribution in [0.25, 0.3) is 0 Å². The van der Waals surface area contributed by atoms with Crippen molar-refractivity contribution in [1.29, 1.82) is 0 Å². The van der Waals surface area contributed by atoms with E-state index in [1.54, 1.807) is 12.1 Å². The molecule has 1 spiro atoms. The Balaban J connectivity index is 1.53. The van der Waals surface area contributed by atoms with Gasteiger partial charge in [0, 0.05) is 25.7 Å². The maximum atomic E-state index is 12.8. The Morgan fingerprint density at radius 2 is 2.00 bits per heavy atom. The number of rotatable bonds is 5. The standard InChI is InChI=1S/C17H22FN3O3/c1-12(2)21-15(22)17(19-16(21)23)7-8-20(11-17)9-10-24-14-5-3-13(18)4-6-14/h3-6,12H,7-11H2,1-2H3,(H,19,23). The molecule has 1 unspecified atom stereocenters. The van der Waals surface area contributed by atoms with Crippen LogP contribution in [0.2, 0.25) is 0 Å². The zero-order valence-electron chi connectivity index (χ0n) is 13.9. The summed E-state index contributed by atoms with van der Waals surface area (Å²) in [5, 5.41) is 2.87. The highest BCUT2D eigenvalue weighted by atomic mass is 19.1. The predicted molar refractivity (Wildman–Crippen MR) is 86.2 cm³/mol.